The van der Waals surface area contributed by atoms with E-state index in [2.05, 4.69) is 25.1 Å². The minimum atomic E-state index is -0.196. The van der Waals surface area contributed by atoms with Crippen LogP contribution in [0.25, 0.3) is 0 Å². The summed E-state index contributed by atoms with van der Waals surface area (Å²) in [7, 11) is 1.75. The topological polar surface area (TPSA) is 87.2 Å². The molecule has 0 aliphatic carbocycles. The summed E-state index contributed by atoms with van der Waals surface area (Å²) in [5, 5.41) is 9.68. The van der Waals surface area contributed by atoms with Crippen LogP contribution in [0, 0.1) is 0 Å². The number of thiazole rings is 1. The number of nitrogens with one attached hydrogen (secondary N) is 1. The fourth-order valence-electron chi connectivity index (χ4n) is 2.40. The predicted octanol–water partition coefficient (Wildman–Crippen LogP) is 0.860. The van der Waals surface area contributed by atoms with Gasteiger partial charge in [0.05, 0.1) is 13.2 Å². The Bertz CT molecular complexity index is 643. The molecule has 8 nitrogen and oxygen atoms in total. The lowest BCUT2D eigenvalue weighted by Gasteiger charge is -2.31. The van der Waals surface area contributed by atoms with E-state index in [1.807, 2.05) is 12.3 Å². The number of anilines is 1. The predicted molar refractivity (Wildman–Crippen MR) is 86.4 cm³/mol. The summed E-state index contributed by atoms with van der Waals surface area (Å²) in [6.45, 7) is 4.25. The van der Waals surface area contributed by atoms with Crippen molar-refractivity contribution in [2.45, 2.75) is 19.4 Å². The van der Waals surface area contributed by atoms with E-state index in [1.54, 1.807) is 18.1 Å². The number of carbonyl (C=O) groups excluding carboxylic acids is 1. The Kier molecular flexibility index (Phi) is 4.99. The molecule has 1 saturated heterocycles. The van der Waals surface area contributed by atoms with Gasteiger partial charge in [-0.25, -0.2) is 9.97 Å². The van der Waals surface area contributed by atoms with Crippen LogP contribution in [-0.2, 0) is 16.0 Å². The maximum Gasteiger partial charge on any atom is 0.242 e. The Labute approximate surface area is 138 Å². The van der Waals surface area contributed by atoms with E-state index in [1.165, 1.54) is 11.3 Å². The Morgan fingerprint density at radius 2 is 2.48 bits per heavy atom. The van der Waals surface area contributed by atoms with E-state index < -0.39 is 0 Å². The van der Waals surface area contributed by atoms with Crippen molar-refractivity contribution in [2.24, 2.45) is 0 Å². The molecule has 0 unspecified atom stereocenters. The number of aromatic nitrogens is 4. The van der Waals surface area contributed by atoms with Crippen molar-refractivity contribution in [2.75, 3.05) is 38.2 Å². The Morgan fingerprint density at radius 3 is 3.17 bits per heavy atom. The smallest absolute Gasteiger partial charge is 0.242 e. The van der Waals surface area contributed by atoms with Gasteiger partial charge in [-0.1, -0.05) is 6.92 Å². The van der Waals surface area contributed by atoms with Crippen LogP contribution in [0.15, 0.2) is 11.6 Å². The molecule has 0 bridgehead atoms. The number of rotatable bonds is 5. The third-order valence-electron chi connectivity index (χ3n) is 3.76. The average Bonchev–Trinajstić information content (AvgIpc) is 3.25. The standard InChI is InChI=1S/C14H20N6O2S/c1-3-11-16-13(18-17-11)10-8-20(5-6-22-10)9-12(21)19(2)14-15-4-7-23-14/h4,7,10H,3,5-6,8-9H2,1-2H3,(H,16,17,18)/t10-/m1/s1. The summed E-state index contributed by atoms with van der Waals surface area (Å²) in [5.41, 5.74) is 0. The maximum absolute atomic E-state index is 12.4. The summed E-state index contributed by atoms with van der Waals surface area (Å²) in [5.74, 6) is 1.53. The van der Waals surface area contributed by atoms with Crippen molar-refractivity contribution in [3.63, 3.8) is 0 Å². The molecular weight excluding hydrogens is 316 g/mol. The van der Waals surface area contributed by atoms with E-state index in [0.29, 0.717) is 30.7 Å². The van der Waals surface area contributed by atoms with Gasteiger partial charge in [0, 0.05) is 38.1 Å². The van der Waals surface area contributed by atoms with Gasteiger partial charge in [-0.3, -0.25) is 19.7 Å². The zero-order valence-electron chi connectivity index (χ0n) is 13.2. The number of aryl methyl sites for hydroxylation is 1. The molecule has 9 heteroatoms. The molecule has 1 N–H and O–H groups in total. The summed E-state index contributed by atoms with van der Waals surface area (Å²) in [6.07, 6.45) is 2.31. The fourth-order valence-corrected chi connectivity index (χ4v) is 3.03. The Morgan fingerprint density at radius 1 is 1.61 bits per heavy atom. The van der Waals surface area contributed by atoms with Gasteiger partial charge in [-0.05, 0) is 0 Å². The lowest BCUT2D eigenvalue weighted by Crippen LogP contribution is -2.45. The number of ether oxygens (including phenoxy) is 1. The molecule has 1 amide bonds. The van der Waals surface area contributed by atoms with Gasteiger partial charge in [-0.15, -0.1) is 11.3 Å². The molecule has 0 radical (unpaired) electrons. The summed E-state index contributed by atoms with van der Waals surface area (Å²) >= 11 is 1.45. The third kappa shape index (κ3) is 3.74. The molecule has 0 aromatic carbocycles. The third-order valence-corrected chi connectivity index (χ3v) is 4.61. The summed E-state index contributed by atoms with van der Waals surface area (Å²) < 4.78 is 5.74. The number of H-pyrrole nitrogens is 1. The van der Waals surface area contributed by atoms with Crippen molar-refractivity contribution >= 4 is 22.4 Å². The Balaban J connectivity index is 1.59. The number of aromatic amines is 1. The zero-order valence-corrected chi connectivity index (χ0v) is 14.0. The second-order valence-electron chi connectivity index (χ2n) is 5.36. The molecule has 0 saturated carbocycles. The first-order valence-electron chi connectivity index (χ1n) is 7.58. The fraction of sp³-hybridized carbons (Fsp3) is 0.571. The van der Waals surface area contributed by atoms with Crippen LogP contribution in [0.3, 0.4) is 0 Å². The van der Waals surface area contributed by atoms with Crippen molar-refractivity contribution in [3.05, 3.63) is 23.2 Å². The first-order chi connectivity index (χ1) is 11.2. The van der Waals surface area contributed by atoms with Crippen LogP contribution in [0.1, 0.15) is 24.7 Å². The van der Waals surface area contributed by atoms with E-state index in [4.69, 9.17) is 4.74 Å². The van der Waals surface area contributed by atoms with Gasteiger partial charge >= 0.3 is 0 Å². The van der Waals surface area contributed by atoms with Crippen LogP contribution < -0.4 is 4.90 Å². The lowest BCUT2D eigenvalue weighted by atomic mass is 10.2. The minimum absolute atomic E-state index is 0.0184. The molecule has 3 heterocycles. The highest BCUT2D eigenvalue weighted by Crippen LogP contribution is 2.20. The van der Waals surface area contributed by atoms with Gasteiger partial charge in [-0.2, -0.15) is 5.10 Å². The quantitative estimate of drug-likeness (QED) is 0.871. The molecule has 1 aliphatic heterocycles. The first-order valence-corrected chi connectivity index (χ1v) is 8.46. The van der Waals surface area contributed by atoms with Gasteiger partial charge in [0.2, 0.25) is 5.91 Å². The van der Waals surface area contributed by atoms with Crippen LogP contribution in [-0.4, -0.2) is 64.3 Å². The number of hydrogen-bond donors (Lipinski definition) is 1. The average molecular weight is 336 g/mol. The molecular formula is C14H20N6O2S. The molecule has 1 aliphatic rings. The van der Waals surface area contributed by atoms with Gasteiger partial charge in [0.15, 0.2) is 11.0 Å². The SMILES string of the molecule is CCc1nc([C@H]2CN(CC(=O)N(C)c3nccs3)CCO2)n[nH]1. The van der Waals surface area contributed by atoms with Gasteiger partial charge < -0.3 is 4.74 Å². The number of carbonyl (C=O) groups is 1. The highest BCUT2D eigenvalue weighted by atomic mass is 32.1. The van der Waals surface area contributed by atoms with Crippen LogP contribution >= 0.6 is 11.3 Å². The molecule has 2 aromatic rings. The number of hydrogen-bond acceptors (Lipinski definition) is 7. The molecule has 2 aromatic heterocycles. The largest absolute Gasteiger partial charge is 0.367 e. The van der Waals surface area contributed by atoms with E-state index in [9.17, 15) is 4.79 Å². The van der Waals surface area contributed by atoms with Crippen molar-refractivity contribution in [1.29, 1.82) is 0 Å². The number of likely N-dealkylation sites (N-methyl/N-ethyl adjacent to an activating group) is 1. The summed E-state index contributed by atoms with van der Waals surface area (Å²) in [4.78, 5) is 24.6. The molecule has 0 spiro atoms. The van der Waals surface area contributed by atoms with Crippen molar-refractivity contribution in [3.8, 4) is 0 Å². The summed E-state index contributed by atoms with van der Waals surface area (Å²) in [6, 6.07) is 0. The van der Waals surface area contributed by atoms with E-state index >= 15 is 0 Å². The number of nitrogens with zero attached hydrogens (tertiary/aromatic N) is 5. The highest BCUT2D eigenvalue weighted by molar-refractivity contribution is 7.13. The zero-order chi connectivity index (χ0) is 16.2. The monoisotopic (exact) mass is 336 g/mol. The van der Waals surface area contributed by atoms with Gasteiger partial charge in [0.1, 0.15) is 11.9 Å². The minimum Gasteiger partial charge on any atom is -0.367 e. The molecule has 124 valence electrons. The second kappa shape index (κ2) is 7.16. The maximum atomic E-state index is 12.4. The molecule has 23 heavy (non-hydrogen) atoms. The highest BCUT2D eigenvalue weighted by Gasteiger charge is 2.27. The van der Waals surface area contributed by atoms with Crippen molar-refractivity contribution < 1.29 is 9.53 Å². The van der Waals surface area contributed by atoms with Crippen molar-refractivity contribution in [1.82, 2.24) is 25.1 Å². The Hall–Kier alpha value is -1.84. The van der Waals surface area contributed by atoms with Crippen LogP contribution in [0.5, 0.6) is 0 Å². The van der Waals surface area contributed by atoms with E-state index in [-0.39, 0.29) is 12.0 Å². The van der Waals surface area contributed by atoms with Crippen LogP contribution in [0.2, 0.25) is 0 Å². The second-order valence-corrected chi connectivity index (χ2v) is 6.23. The number of morpholine rings is 1. The van der Waals surface area contributed by atoms with Crippen LogP contribution in [0.4, 0.5) is 5.13 Å². The number of amides is 1. The molecule has 3 rings (SSSR count). The normalized spacial score (nSPS) is 19.0. The molecule has 1 atom stereocenters. The first kappa shape index (κ1) is 16.0. The van der Waals surface area contributed by atoms with E-state index in [0.717, 1.165) is 18.8 Å². The molecule has 1 fully saturated rings. The van der Waals surface area contributed by atoms with Gasteiger partial charge in [0.25, 0.3) is 0 Å². The lowest BCUT2D eigenvalue weighted by molar-refractivity contribution is -0.121.